The van der Waals surface area contributed by atoms with Gasteiger partial charge in [-0.05, 0) is 37.1 Å². The molecule has 1 heterocycles. The third-order valence-corrected chi connectivity index (χ3v) is 3.41. The van der Waals surface area contributed by atoms with Gasteiger partial charge in [0, 0.05) is 18.8 Å². The lowest BCUT2D eigenvalue weighted by atomic mass is 9.99. The molecule has 0 radical (unpaired) electrons. The van der Waals surface area contributed by atoms with Gasteiger partial charge in [0.1, 0.15) is 5.75 Å². The van der Waals surface area contributed by atoms with E-state index in [1.54, 1.807) is 7.11 Å². The van der Waals surface area contributed by atoms with Gasteiger partial charge >= 0.3 is 0 Å². The van der Waals surface area contributed by atoms with Gasteiger partial charge in [-0.3, -0.25) is 4.68 Å². The fourth-order valence-corrected chi connectivity index (χ4v) is 2.39. The number of nitrogens with zero attached hydrogens (tertiary/aromatic N) is 2. The second-order valence-corrected chi connectivity index (χ2v) is 5.06. The number of aryl methyl sites for hydroxylation is 2. The molecule has 1 aromatic heterocycles. The van der Waals surface area contributed by atoms with Crippen LogP contribution in [0.25, 0.3) is 0 Å². The molecule has 1 unspecified atom stereocenters. The first kappa shape index (κ1) is 14.6. The van der Waals surface area contributed by atoms with Crippen LogP contribution in [0.15, 0.2) is 30.6 Å². The van der Waals surface area contributed by atoms with Crippen LogP contribution in [0.2, 0.25) is 0 Å². The van der Waals surface area contributed by atoms with E-state index in [2.05, 4.69) is 42.6 Å². The summed E-state index contributed by atoms with van der Waals surface area (Å²) in [7, 11) is 3.65. The van der Waals surface area contributed by atoms with Crippen molar-refractivity contribution in [3.8, 4) is 5.75 Å². The van der Waals surface area contributed by atoms with Crippen molar-refractivity contribution in [2.24, 2.45) is 7.05 Å². The summed E-state index contributed by atoms with van der Waals surface area (Å²) in [5.74, 6) is 0.925. The minimum absolute atomic E-state index is 0.174. The van der Waals surface area contributed by atoms with Crippen molar-refractivity contribution in [1.82, 2.24) is 15.1 Å². The number of benzene rings is 1. The van der Waals surface area contributed by atoms with Crippen LogP contribution in [0, 0.1) is 6.92 Å². The van der Waals surface area contributed by atoms with Crippen molar-refractivity contribution in [3.63, 3.8) is 0 Å². The zero-order chi connectivity index (χ0) is 14.5. The molecule has 1 atom stereocenters. The number of rotatable bonds is 6. The monoisotopic (exact) mass is 273 g/mol. The molecule has 20 heavy (non-hydrogen) atoms. The highest BCUT2D eigenvalue weighted by molar-refractivity contribution is 5.40. The molecule has 0 amide bonds. The van der Waals surface area contributed by atoms with Crippen molar-refractivity contribution in [3.05, 3.63) is 47.3 Å². The number of hydrogen-bond acceptors (Lipinski definition) is 3. The lowest BCUT2D eigenvalue weighted by Gasteiger charge is -2.19. The lowest BCUT2D eigenvalue weighted by Crippen LogP contribution is -2.23. The second-order valence-electron chi connectivity index (χ2n) is 5.06. The van der Waals surface area contributed by atoms with Crippen LogP contribution >= 0.6 is 0 Å². The van der Waals surface area contributed by atoms with Gasteiger partial charge in [0.15, 0.2) is 0 Å². The van der Waals surface area contributed by atoms with Crippen LogP contribution < -0.4 is 10.1 Å². The van der Waals surface area contributed by atoms with E-state index in [1.165, 1.54) is 11.1 Å². The summed E-state index contributed by atoms with van der Waals surface area (Å²) < 4.78 is 7.17. The van der Waals surface area contributed by atoms with E-state index in [1.807, 2.05) is 24.0 Å². The molecule has 1 N–H and O–H groups in total. The van der Waals surface area contributed by atoms with Crippen LogP contribution in [0.4, 0.5) is 0 Å². The molecule has 0 spiro atoms. The molecule has 0 saturated heterocycles. The normalized spacial score (nSPS) is 12.4. The Morgan fingerprint density at radius 2 is 2.15 bits per heavy atom. The summed E-state index contributed by atoms with van der Waals surface area (Å²) in [4.78, 5) is 0. The van der Waals surface area contributed by atoms with Crippen molar-refractivity contribution in [1.29, 1.82) is 0 Å². The number of ether oxygens (including phenoxy) is 1. The van der Waals surface area contributed by atoms with E-state index >= 15 is 0 Å². The minimum Gasteiger partial charge on any atom is -0.496 e. The number of methoxy groups -OCH3 is 1. The predicted molar refractivity (Wildman–Crippen MR) is 81.1 cm³/mol. The quantitative estimate of drug-likeness (QED) is 0.879. The Balaban J connectivity index is 2.33. The molecule has 0 aliphatic heterocycles. The molecule has 4 nitrogen and oxygen atoms in total. The van der Waals surface area contributed by atoms with E-state index < -0.39 is 0 Å². The Hall–Kier alpha value is -1.81. The fourth-order valence-electron chi connectivity index (χ4n) is 2.39. The highest BCUT2D eigenvalue weighted by Crippen LogP contribution is 2.26. The maximum absolute atomic E-state index is 5.33. The van der Waals surface area contributed by atoms with Gasteiger partial charge in [0.05, 0.1) is 19.3 Å². The van der Waals surface area contributed by atoms with Gasteiger partial charge in [0.2, 0.25) is 0 Å². The Morgan fingerprint density at radius 3 is 2.70 bits per heavy atom. The first-order valence-electron chi connectivity index (χ1n) is 7.02. The molecule has 0 fully saturated rings. The zero-order valence-electron chi connectivity index (χ0n) is 12.7. The number of aromatic nitrogens is 2. The number of nitrogens with one attached hydrogen (secondary N) is 1. The van der Waals surface area contributed by atoms with Gasteiger partial charge in [-0.15, -0.1) is 0 Å². The molecule has 2 rings (SSSR count). The van der Waals surface area contributed by atoms with E-state index in [-0.39, 0.29) is 6.04 Å². The maximum atomic E-state index is 5.33. The topological polar surface area (TPSA) is 39.1 Å². The molecule has 108 valence electrons. The molecular formula is C16H23N3O. The molecule has 4 heteroatoms. The van der Waals surface area contributed by atoms with E-state index in [0.29, 0.717) is 0 Å². The lowest BCUT2D eigenvalue weighted by molar-refractivity contribution is 0.411. The third-order valence-electron chi connectivity index (χ3n) is 3.41. The highest BCUT2D eigenvalue weighted by Gasteiger charge is 2.16. The molecule has 0 aliphatic carbocycles. The summed E-state index contributed by atoms with van der Waals surface area (Å²) >= 11 is 0. The van der Waals surface area contributed by atoms with Gasteiger partial charge in [-0.1, -0.05) is 19.1 Å². The number of hydrogen-bond donors (Lipinski definition) is 1. The van der Waals surface area contributed by atoms with Gasteiger partial charge in [-0.25, -0.2) is 0 Å². The molecule has 0 bridgehead atoms. The van der Waals surface area contributed by atoms with Crippen molar-refractivity contribution >= 4 is 0 Å². The average Bonchev–Trinajstić information content (AvgIpc) is 2.86. The molecular weight excluding hydrogens is 250 g/mol. The van der Waals surface area contributed by atoms with Crippen molar-refractivity contribution in [2.45, 2.75) is 26.3 Å². The SMILES string of the molecule is CCCNC(c1ccc(OC)c(C)c1)c1cnn(C)c1. The van der Waals surface area contributed by atoms with Gasteiger partial charge in [-0.2, -0.15) is 5.10 Å². The van der Waals surface area contributed by atoms with Crippen LogP contribution in [-0.4, -0.2) is 23.4 Å². The predicted octanol–water partition coefficient (Wildman–Crippen LogP) is 2.83. The van der Waals surface area contributed by atoms with Gasteiger partial charge in [0.25, 0.3) is 0 Å². The molecule has 0 saturated carbocycles. The average molecular weight is 273 g/mol. The Labute approximate surface area is 120 Å². The third kappa shape index (κ3) is 3.20. The largest absolute Gasteiger partial charge is 0.496 e. The first-order valence-corrected chi connectivity index (χ1v) is 7.02. The summed E-state index contributed by atoms with van der Waals surface area (Å²) in [6, 6.07) is 6.50. The smallest absolute Gasteiger partial charge is 0.121 e. The summed E-state index contributed by atoms with van der Waals surface area (Å²) in [6.07, 6.45) is 5.09. The molecule has 1 aromatic carbocycles. The summed E-state index contributed by atoms with van der Waals surface area (Å²) in [5.41, 5.74) is 3.58. The summed E-state index contributed by atoms with van der Waals surface area (Å²) in [6.45, 7) is 5.22. The zero-order valence-corrected chi connectivity index (χ0v) is 12.7. The highest BCUT2D eigenvalue weighted by atomic mass is 16.5. The van der Waals surface area contributed by atoms with Crippen LogP contribution in [0.5, 0.6) is 5.75 Å². The van der Waals surface area contributed by atoms with Crippen LogP contribution in [0.1, 0.15) is 36.1 Å². The van der Waals surface area contributed by atoms with Gasteiger partial charge < -0.3 is 10.1 Å². The Bertz CT molecular complexity index is 563. The van der Waals surface area contributed by atoms with Crippen molar-refractivity contribution in [2.75, 3.05) is 13.7 Å². The standard InChI is InChI=1S/C16H23N3O/c1-5-8-17-16(14-10-18-19(3)11-14)13-6-7-15(20-4)12(2)9-13/h6-7,9-11,16-17H,5,8H2,1-4H3. The Morgan fingerprint density at radius 1 is 1.35 bits per heavy atom. The maximum Gasteiger partial charge on any atom is 0.121 e. The van der Waals surface area contributed by atoms with E-state index in [4.69, 9.17) is 4.74 Å². The van der Waals surface area contributed by atoms with Crippen LogP contribution in [-0.2, 0) is 7.05 Å². The molecule has 0 aliphatic rings. The van der Waals surface area contributed by atoms with E-state index in [9.17, 15) is 0 Å². The second kappa shape index (κ2) is 6.57. The minimum atomic E-state index is 0.174. The fraction of sp³-hybridized carbons (Fsp3) is 0.438. The first-order chi connectivity index (χ1) is 9.65. The Kier molecular flexibility index (Phi) is 4.79. The van der Waals surface area contributed by atoms with Crippen LogP contribution in [0.3, 0.4) is 0 Å². The molecule has 2 aromatic rings. The summed E-state index contributed by atoms with van der Waals surface area (Å²) in [5, 5.41) is 7.87. The van der Waals surface area contributed by atoms with Crippen molar-refractivity contribution < 1.29 is 4.74 Å². The van der Waals surface area contributed by atoms with E-state index in [0.717, 1.165) is 24.3 Å².